The van der Waals surface area contributed by atoms with Crippen LogP contribution in [0.5, 0.6) is 0 Å². The molecule has 3 nitrogen and oxygen atoms in total. The second-order valence-electron chi connectivity index (χ2n) is 9.45. The smallest absolute Gasteiger partial charge is 0.146 e. The molecule has 0 spiro atoms. The number of benzene rings is 3. The zero-order chi connectivity index (χ0) is 21.2. The lowest BCUT2D eigenvalue weighted by Gasteiger charge is -2.22. The van der Waals surface area contributed by atoms with Gasteiger partial charge in [-0.05, 0) is 73.4 Å². The molecule has 0 bridgehead atoms. The lowest BCUT2D eigenvalue weighted by molar-refractivity contribution is 0.444. The van der Waals surface area contributed by atoms with Crippen molar-refractivity contribution >= 4 is 50.8 Å². The van der Waals surface area contributed by atoms with E-state index >= 15 is 0 Å². The Morgan fingerprint density at radius 2 is 1.65 bits per heavy atom. The van der Waals surface area contributed by atoms with E-state index in [0.717, 1.165) is 27.5 Å². The van der Waals surface area contributed by atoms with E-state index in [0.29, 0.717) is 5.92 Å². The number of imidazole rings is 1. The van der Waals surface area contributed by atoms with Crippen molar-refractivity contribution in [2.75, 3.05) is 13.3 Å². The van der Waals surface area contributed by atoms with Crippen LogP contribution in [0.1, 0.15) is 43.6 Å². The largest absolute Gasteiger partial charge is 0.319 e. The molecular formula is C27H27N2OP. The highest BCUT2D eigenvalue weighted by Gasteiger charge is 2.20. The van der Waals surface area contributed by atoms with Gasteiger partial charge in [-0.2, -0.15) is 0 Å². The number of para-hydroxylation sites is 2. The molecule has 5 aromatic rings. The fourth-order valence-corrected chi connectivity index (χ4v) is 6.26. The van der Waals surface area contributed by atoms with Gasteiger partial charge in [0, 0.05) is 16.1 Å². The van der Waals surface area contributed by atoms with E-state index in [-0.39, 0.29) is 0 Å². The average molecular weight is 427 g/mol. The van der Waals surface area contributed by atoms with Crippen molar-refractivity contribution in [3.8, 4) is 0 Å². The number of nitrogens with zero attached hydrogens (tertiary/aromatic N) is 2. The number of pyridine rings is 1. The van der Waals surface area contributed by atoms with Gasteiger partial charge in [0.25, 0.3) is 0 Å². The van der Waals surface area contributed by atoms with Gasteiger partial charge in [0.15, 0.2) is 0 Å². The zero-order valence-electron chi connectivity index (χ0n) is 18.1. The minimum Gasteiger partial charge on any atom is -0.319 e. The number of hydrogen-bond donors (Lipinski definition) is 0. The van der Waals surface area contributed by atoms with Crippen LogP contribution in [0.25, 0.3) is 38.4 Å². The van der Waals surface area contributed by atoms with Gasteiger partial charge in [0.1, 0.15) is 12.8 Å². The first-order valence-electron chi connectivity index (χ1n) is 11.3. The summed E-state index contributed by atoms with van der Waals surface area (Å²) in [6.07, 6.45) is 6.58. The van der Waals surface area contributed by atoms with E-state index in [2.05, 4.69) is 52.9 Å². The van der Waals surface area contributed by atoms with Crippen molar-refractivity contribution in [1.82, 2.24) is 9.38 Å². The molecule has 0 aliphatic heterocycles. The summed E-state index contributed by atoms with van der Waals surface area (Å²) in [5, 5.41) is 4.51. The minimum atomic E-state index is -2.36. The normalized spacial score (nSPS) is 16.1. The highest BCUT2D eigenvalue weighted by Crippen LogP contribution is 2.40. The second-order valence-corrected chi connectivity index (χ2v) is 12.7. The van der Waals surface area contributed by atoms with E-state index < -0.39 is 7.14 Å². The van der Waals surface area contributed by atoms with Gasteiger partial charge in [0.2, 0.25) is 0 Å². The average Bonchev–Trinajstić information content (AvgIpc) is 3.18. The predicted octanol–water partition coefficient (Wildman–Crippen LogP) is 7.09. The molecule has 0 atom stereocenters. The van der Waals surface area contributed by atoms with Gasteiger partial charge >= 0.3 is 0 Å². The third-order valence-electron chi connectivity index (χ3n) is 7.05. The minimum absolute atomic E-state index is 0.648. The molecule has 2 heterocycles. The number of fused-ring (bicyclic) bond motifs is 8. The molecule has 1 saturated carbocycles. The molecule has 2 aromatic heterocycles. The van der Waals surface area contributed by atoms with E-state index in [1.165, 1.54) is 53.8 Å². The van der Waals surface area contributed by atoms with Crippen molar-refractivity contribution in [2.24, 2.45) is 0 Å². The van der Waals surface area contributed by atoms with Gasteiger partial charge in [-0.1, -0.05) is 49.6 Å². The van der Waals surface area contributed by atoms with Gasteiger partial charge in [-0.25, -0.2) is 4.98 Å². The summed E-state index contributed by atoms with van der Waals surface area (Å²) >= 11 is 0. The van der Waals surface area contributed by atoms with Gasteiger partial charge in [-0.3, -0.25) is 4.40 Å². The van der Waals surface area contributed by atoms with Crippen LogP contribution in [0.2, 0.25) is 0 Å². The third kappa shape index (κ3) is 3.02. The Balaban J connectivity index is 1.76. The predicted molar refractivity (Wildman–Crippen MR) is 133 cm³/mol. The topological polar surface area (TPSA) is 34.4 Å². The molecule has 1 fully saturated rings. The summed E-state index contributed by atoms with van der Waals surface area (Å²) in [4.78, 5) is 5.02. The number of aromatic nitrogens is 2. The summed E-state index contributed by atoms with van der Waals surface area (Å²) in [5.74, 6) is 0.648. The van der Waals surface area contributed by atoms with Crippen LogP contribution < -0.4 is 5.30 Å². The molecule has 0 N–H and O–H groups in total. The summed E-state index contributed by atoms with van der Waals surface area (Å²) < 4.78 is 15.2. The highest BCUT2D eigenvalue weighted by atomic mass is 31.2. The van der Waals surface area contributed by atoms with Gasteiger partial charge in [0.05, 0.1) is 16.6 Å². The van der Waals surface area contributed by atoms with Gasteiger partial charge < -0.3 is 4.57 Å². The van der Waals surface area contributed by atoms with Crippen LogP contribution in [0.4, 0.5) is 0 Å². The van der Waals surface area contributed by atoms with E-state index in [1.54, 1.807) is 0 Å². The first-order valence-corrected chi connectivity index (χ1v) is 13.9. The molecule has 156 valence electrons. The molecule has 0 unspecified atom stereocenters. The Kier molecular flexibility index (Phi) is 4.27. The maximum Gasteiger partial charge on any atom is 0.146 e. The van der Waals surface area contributed by atoms with E-state index in [4.69, 9.17) is 4.98 Å². The van der Waals surface area contributed by atoms with Crippen LogP contribution in [0.3, 0.4) is 0 Å². The fourth-order valence-electron chi connectivity index (χ4n) is 5.39. The standard InChI is InChI=1S/C27H27N2OP/c1-31(2,30)20-13-15-25-23(17-20)22-16-19(18-8-4-3-5-9-18)12-14-21(22)27-28-24-10-6-7-11-26(24)29(25)27/h6-7,10-18H,3-5,8-9H2,1-2H3. The van der Waals surface area contributed by atoms with Crippen LogP contribution in [0, 0.1) is 0 Å². The summed E-state index contributed by atoms with van der Waals surface area (Å²) in [5.41, 5.74) is 5.70. The Bertz CT molecular complexity index is 1520. The van der Waals surface area contributed by atoms with Crippen LogP contribution >= 0.6 is 7.14 Å². The van der Waals surface area contributed by atoms with Crippen molar-refractivity contribution < 1.29 is 4.57 Å². The highest BCUT2D eigenvalue weighted by molar-refractivity contribution is 7.70. The van der Waals surface area contributed by atoms with Crippen molar-refractivity contribution in [2.45, 2.75) is 38.0 Å². The first-order chi connectivity index (χ1) is 15.0. The second kappa shape index (κ2) is 6.93. The SMILES string of the molecule is CP(C)(=O)c1ccc2c(c1)c1cc(C3CCCCC3)ccc1c1nc3ccccc3n21. The lowest BCUT2D eigenvalue weighted by atomic mass is 9.83. The molecule has 31 heavy (non-hydrogen) atoms. The van der Waals surface area contributed by atoms with Crippen LogP contribution in [0.15, 0.2) is 60.7 Å². The monoisotopic (exact) mass is 426 g/mol. The number of rotatable bonds is 2. The van der Waals surface area contributed by atoms with Gasteiger partial charge in [-0.15, -0.1) is 0 Å². The number of hydrogen-bond acceptors (Lipinski definition) is 2. The molecule has 1 aliphatic rings. The zero-order valence-corrected chi connectivity index (χ0v) is 19.0. The molecule has 0 radical (unpaired) electrons. The van der Waals surface area contributed by atoms with E-state index in [1.807, 2.05) is 25.5 Å². The maximum absolute atomic E-state index is 12.9. The molecule has 3 aromatic carbocycles. The summed E-state index contributed by atoms with van der Waals surface area (Å²) in [7, 11) is -2.36. The Morgan fingerprint density at radius 1 is 0.839 bits per heavy atom. The maximum atomic E-state index is 12.9. The lowest BCUT2D eigenvalue weighted by Crippen LogP contribution is -2.05. The van der Waals surface area contributed by atoms with E-state index in [9.17, 15) is 4.57 Å². The Morgan fingerprint density at radius 3 is 2.45 bits per heavy atom. The molecule has 0 saturated heterocycles. The fraction of sp³-hybridized carbons (Fsp3) is 0.296. The molecule has 0 amide bonds. The van der Waals surface area contributed by atoms with Crippen molar-refractivity contribution in [3.63, 3.8) is 0 Å². The molecular weight excluding hydrogens is 399 g/mol. The molecule has 4 heteroatoms. The van der Waals surface area contributed by atoms with Crippen LogP contribution in [-0.4, -0.2) is 22.7 Å². The molecule has 6 rings (SSSR count). The van der Waals surface area contributed by atoms with Crippen molar-refractivity contribution in [3.05, 3.63) is 66.2 Å². The quantitative estimate of drug-likeness (QED) is 0.223. The summed E-state index contributed by atoms with van der Waals surface area (Å²) in [6.45, 7) is 3.71. The van der Waals surface area contributed by atoms with Crippen molar-refractivity contribution in [1.29, 1.82) is 0 Å². The molecule has 1 aliphatic carbocycles. The third-order valence-corrected chi connectivity index (χ3v) is 8.58. The first kappa shape index (κ1) is 19.1. The van der Waals surface area contributed by atoms with Crippen LogP contribution in [-0.2, 0) is 4.57 Å². The summed E-state index contributed by atoms with van der Waals surface area (Å²) in [6, 6.07) is 21.6. The Labute approximate surface area is 182 Å². The Hall–Kier alpha value is -2.64.